The molecule has 0 fully saturated rings. The predicted octanol–water partition coefficient (Wildman–Crippen LogP) is 2.80. The van der Waals surface area contributed by atoms with Gasteiger partial charge < -0.3 is 14.8 Å². The molecule has 0 saturated carbocycles. The summed E-state index contributed by atoms with van der Waals surface area (Å²) in [6.45, 7) is 3.84. The van der Waals surface area contributed by atoms with Crippen molar-refractivity contribution < 1.29 is 23.9 Å². The van der Waals surface area contributed by atoms with Gasteiger partial charge in [-0.3, -0.25) is 4.79 Å². The lowest BCUT2D eigenvalue weighted by Crippen LogP contribution is -2.14. The van der Waals surface area contributed by atoms with E-state index in [1.165, 1.54) is 11.3 Å². The number of carbonyl (C=O) groups excluding carboxylic acids is 3. The Bertz CT molecular complexity index is 827. The zero-order chi connectivity index (χ0) is 19.6. The summed E-state index contributed by atoms with van der Waals surface area (Å²) in [6.07, 6.45) is 2.14. The molecule has 0 aliphatic carbocycles. The van der Waals surface area contributed by atoms with Crippen LogP contribution in [0.4, 0.5) is 5.69 Å². The van der Waals surface area contributed by atoms with Gasteiger partial charge in [-0.2, -0.15) is 0 Å². The number of hydrogen-bond acceptors (Lipinski definition) is 7. The molecule has 1 N–H and O–H groups in total. The van der Waals surface area contributed by atoms with E-state index in [9.17, 15) is 14.4 Å². The number of carbonyl (C=O) groups is 3. The van der Waals surface area contributed by atoms with E-state index in [0.717, 1.165) is 23.4 Å². The second-order valence-corrected chi connectivity index (χ2v) is 6.46. The Labute approximate surface area is 161 Å². The van der Waals surface area contributed by atoms with Gasteiger partial charge in [-0.05, 0) is 26.0 Å². The van der Waals surface area contributed by atoms with Gasteiger partial charge >= 0.3 is 11.9 Å². The summed E-state index contributed by atoms with van der Waals surface area (Å²) in [5.74, 6) is -1.45. The summed E-state index contributed by atoms with van der Waals surface area (Å²) >= 11 is 1.31. The second kappa shape index (κ2) is 10.2. The van der Waals surface area contributed by atoms with Gasteiger partial charge in [-0.25, -0.2) is 14.6 Å². The summed E-state index contributed by atoms with van der Waals surface area (Å²) in [6, 6.07) is 7.51. The number of esters is 2. The van der Waals surface area contributed by atoms with Gasteiger partial charge in [0.2, 0.25) is 5.91 Å². The van der Waals surface area contributed by atoms with Gasteiger partial charge in [0.15, 0.2) is 0 Å². The number of benzene rings is 1. The minimum absolute atomic E-state index is 0.0396. The number of hydrogen-bond donors (Lipinski definition) is 1. The molecule has 7 nitrogen and oxygen atoms in total. The lowest BCUT2D eigenvalue weighted by molar-refractivity contribution is -0.141. The first kappa shape index (κ1) is 20.3. The zero-order valence-electron chi connectivity index (χ0n) is 15.1. The highest BCUT2D eigenvalue weighted by Crippen LogP contribution is 2.14. The number of aromatic nitrogens is 1. The van der Waals surface area contributed by atoms with Crippen molar-refractivity contribution in [2.24, 2.45) is 0 Å². The molecule has 0 spiro atoms. The Kier molecular flexibility index (Phi) is 7.69. The minimum Gasteiger partial charge on any atom is -0.463 e. The molecular formula is C19H20N2O5S. The van der Waals surface area contributed by atoms with Gasteiger partial charge in [0, 0.05) is 23.2 Å². The van der Waals surface area contributed by atoms with Crippen LogP contribution in [0.15, 0.2) is 41.8 Å². The molecule has 1 aromatic carbocycles. The zero-order valence-corrected chi connectivity index (χ0v) is 15.9. The van der Waals surface area contributed by atoms with E-state index < -0.39 is 11.9 Å². The molecule has 1 heterocycles. The molecule has 2 rings (SSSR count). The van der Waals surface area contributed by atoms with E-state index in [-0.39, 0.29) is 25.5 Å². The molecule has 27 heavy (non-hydrogen) atoms. The van der Waals surface area contributed by atoms with Crippen molar-refractivity contribution in [3.63, 3.8) is 0 Å². The maximum atomic E-state index is 12.1. The van der Waals surface area contributed by atoms with Crippen LogP contribution >= 0.6 is 11.3 Å². The minimum atomic E-state index is -0.672. The normalized spacial score (nSPS) is 10.6. The van der Waals surface area contributed by atoms with Crippen molar-refractivity contribution in [3.05, 3.63) is 58.1 Å². The van der Waals surface area contributed by atoms with Crippen LogP contribution < -0.4 is 5.32 Å². The first-order chi connectivity index (χ1) is 13.0. The maximum absolute atomic E-state index is 12.1. The summed E-state index contributed by atoms with van der Waals surface area (Å²) < 4.78 is 9.65. The van der Waals surface area contributed by atoms with Crippen LogP contribution in [0, 0.1) is 6.92 Å². The number of anilines is 1. The van der Waals surface area contributed by atoms with Crippen molar-refractivity contribution >= 4 is 34.9 Å². The largest absolute Gasteiger partial charge is 0.463 e. The van der Waals surface area contributed by atoms with Crippen molar-refractivity contribution in [3.8, 4) is 0 Å². The number of amides is 1. The van der Waals surface area contributed by atoms with Crippen LogP contribution in [0.5, 0.6) is 0 Å². The van der Waals surface area contributed by atoms with Gasteiger partial charge in [-0.15, -0.1) is 11.3 Å². The summed E-state index contributed by atoms with van der Waals surface area (Å²) in [4.78, 5) is 39.0. The van der Waals surface area contributed by atoms with E-state index in [1.54, 1.807) is 12.3 Å². The molecule has 1 amide bonds. The van der Waals surface area contributed by atoms with Crippen molar-refractivity contribution in [2.45, 2.75) is 26.9 Å². The van der Waals surface area contributed by atoms with Gasteiger partial charge in [0.05, 0.1) is 18.7 Å². The number of thiazole rings is 1. The van der Waals surface area contributed by atoms with Gasteiger partial charge in [0.1, 0.15) is 11.6 Å². The molecule has 0 aliphatic rings. The molecule has 8 heteroatoms. The molecule has 0 unspecified atom stereocenters. The fourth-order valence-electron chi connectivity index (χ4n) is 2.00. The lowest BCUT2D eigenvalue weighted by Gasteiger charge is -2.04. The van der Waals surface area contributed by atoms with Crippen molar-refractivity contribution in [1.82, 2.24) is 4.98 Å². The number of ether oxygens (including phenoxy) is 2. The van der Waals surface area contributed by atoms with Gasteiger partial charge in [-0.1, -0.05) is 17.7 Å². The average Bonchev–Trinajstić information content (AvgIpc) is 3.07. The Morgan fingerprint density at radius 3 is 2.44 bits per heavy atom. The summed E-state index contributed by atoms with van der Waals surface area (Å²) in [5.41, 5.74) is 2.38. The topological polar surface area (TPSA) is 94.6 Å². The third kappa shape index (κ3) is 7.41. The van der Waals surface area contributed by atoms with Crippen LogP contribution in [-0.2, 0) is 36.9 Å². The molecule has 142 valence electrons. The molecule has 0 saturated heterocycles. The summed E-state index contributed by atoms with van der Waals surface area (Å²) in [7, 11) is 0. The molecule has 2 aromatic rings. The standard InChI is InChI=1S/C19H20N2O5S/c1-3-25-18(23)8-9-19(24)26-11-15-12-27-17(21-15)10-16(22)20-14-6-4-13(2)5-7-14/h4-9,12H,3,10-11H2,1-2H3,(H,20,22)/b9-8+. The average molecular weight is 388 g/mol. The second-order valence-electron chi connectivity index (χ2n) is 5.52. The lowest BCUT2D eigenvalue weighted by atomic mass is 10.2. The fourth-order valence-corrected chi connectivity index (χ4v) is 2.77. The van der Waals surface area contributed by atoms with E-state index in [0.29, 0.717) is 10.7 Å². The van der Waals surface area contributed by atoms with Gasteiger partial charge in [0.25, 0.3) is 0 Å². The first-order valence-electron chi connectivity index (χ1n) is 8.27. The Morgan fingerprint density at radius 1 is 1.11 bits per heavy atom. The third-order valence-electron chi connectivity index (χ3n) is 3.25. The van der Waals surface area contributed by atoms with Crippen molar-refractivity contribution in [1.29, 1.82) is 0 Å². The number of aryl methyl sites for hydroxylation is 1. The fraction of sp³-hybridized carbons (Fsp3) is 0.263. The highest BCUT2D eigenvalue weighted by molar-refractivity contribution is 7.09. The van der Waals surface area contributed by atoms with E-state index in [1.807, 2.05) is 31.2 Å². The first-order valence-corrected chi connectivity index (χ1v) is 9.15. The van der Waals surface area contributed by atoms with Crippen LogP contribution in [0.1, 0.15) is 23.2 Å². The van der Waals surface area contributed by atoms with Crippen LogP contribution in [0.3, 0.4) is 0 Å². The Morgan fingerprint density at radius 2 is 1.78 bits per heavy atom. The predicted molar refractivity (Wildman–Crippen MR) is 101 cm³/mol. The van der Waals surface area contributed by atoms with E-state index in [4.69, 9.17) is 4.74 Å². The molecule has 0 radical (unpaired) electrons. The molecule has 1 aromatic heterocycles. The van der Waals surface area contributed by atoms with E-state index in [2.05, 4.69) is 15.0 Å². The van der Waals surface area contributed by atoms with Crippen LogP contribution in [-0.4, -0.2) is 29.4 Å². The molecule has 0 bridgehead atoms. The van der Waals surface area contributed by atoms with Crippen LogP contribution in [0.25, 0.3) is 0 Å². The molecule has 0 atom stereocenters. The third-order valence-corrected chi connectivity index (χ3v) is 4.15. The maximum Gasteiger partial charge on any atom is 0.331 e. The summed E-state index contributed by atoms with van der Waals surface area (Å²) in [5, 5.41) is 5.14. The highest BCUT2D eigenvalue weighted by atomic mass is 32.1. The highest BCUT2D eigenvalue weighted by Gasteiger charge is 2.10. The van der Waals surface area contributed by atoms with Crippen LogP contribution in [0.2, 0.25) is 0 Å². The molecule has 0 aliphatic heterocycles. The quantitative estimate of drug-likeness (QED) is 0.552. The number of nitrogens with one attached hydrogen (secondary N) is 1. The Balaban J connectivity index is 1.78. The SMILES string of the molecule is CCOC(=O)/C=C/C(=O)OCc1csc(CC(=O)Nc2ccc(C)cc2)n1. The number of nitrogens with zero attached hydrogens (tertiary/aromatic N) is 1. The van der Waals surface area contributed by atoms with Crippen molar-refractivity contribution in [2.75, 3.05) is 11.9 Å². The monoisotopic (exact) mass is 388 g/mol. The Hall–Kier alpha value is -3.00. The van der Waals surface area contributed by atoms with E-state index >= 15 is 0 Å². The number of rotatable bonds is 8. The smallest absolute Gasteiger partial charge is 0.331 e. The molecular weight excluding hydrogens is 368 g/mol.